The van der Waals surface area contributed by atoms with Gasteiger partial charge >= 0.3 is 0 Å². The van der Waals surface area contributed by atoms with Crippen molar-refractivity contribution in [3.63, 3.8) is 0 Å². The SMILES string of the molecule is CCN(CC)CCN(CC(C)C)C(=O)Cc1ccc(OC)c(S(=O)(=O)N2CCOCC2)c1. The molecule has 1 aromatic carbocycles. The van der Waals surface area contributed by atoms with E-state index in [1.165, 1.54) is 11.4 Å². The Morgan fingerprint density at radius 2 is 1.81 bits per heavy atom. The summed E-state index contributed by atoms with van der Waals surface area (Å²) in [6.45, 7) is 13.8. The molecule has 0 bridgehead atoms. The van der Waals surface area contributed by atoms with Crippen molar-refractivity contribution in [2.24, 2.45) is 5.92 Å². The van der Waals surface area contributed by atoms with Gasteiger partial charge in [-0.05, 0) is 36.7 Å². The molecule has 182 valence electrons. The van der Waals surface area contributed by atoms with Crippen LogP contribution in [0.1, 0.15) is 33.3 Å². The number of hydrogen-bond acceptors (Lipinski definition) is 6. The summed E-state index contributed by atoms with van der Waals surface area (Å²) in [5.74, 6) is 0.641. The lowest BCUT2D eigenvalue weighted by molar-refractivity contribution is -0.131. The molecule has 1 heterocycles. The van der Waals surface area contributed by atoms with Gasteiger partial charge in [0.05, 0.1) is 26.7 Å². The molecule has 1 fully saturated rings. The van der Waals surface area contributed by atoms with Crippen LogP contribution in [0, 0.1) is 5.92 Å². The first-order chi connectivity index (χ1) is 15.2. The molecule has 0 aromatic heterocycles. The van der Waals surface area contributed by atoms with E-state index in [0.717, 1.165) is 19.6 Å². The van der Waals surface area contributed by atoms with E-state index in [9.17, 15) is 13.2 Å². The van der Waals surface area contributed by atoms with Gasteiger partial charge in [-0.25, -0.2) is 8.42 Å². The number of likely N-dealkylation sites (N-methyl/N-ethyl adjacent to an activating group) is 1. The summed E-state index contributed by atoms with van der Waals surface area (Å²) in [5, 5.41) is 0. The van der Waals surface area contributed by atoms with Gasteiger partial charge in [0.2, 0.25) is 15.9 Å². The Labute approximate surface area is 193 Å². The van der Waals surface area contributed by atoms with E-state index < -0.39 is 10.0 Å². The number of sulfonamides is 1. The number of hydrogen-bond donors (Lipinski definition) is 0. The van der Waals surface area contributed by atoms with Crippen molar-refractivity contribution in [3.05, 3.63) is 23.8 Å². The Bertz CT molecular complexity index is 834. The molecule has 1 aromatic rings. The Balaban J connectivity index is 2.22. The summed E-state index contributed by atoms with van der Waals surface area (Å²) in [6.07, 6.45) is 0.153. The van der Waals surface area contributed by atoms with Crippen molar-refractivity contribution in [2.45, 2.75) is 39.0 Å². The maximum absolute atomic E-state index is 13.2. The number of morpholine rings is 1. The van der Waals surface area contributed by atoms with E-state index in [1.54, 1.807) is 18.2 Å². The first kappa shape index (κ1) is 26.6. The number of benzene rings is 1. The highest BCUT2D eigenvalue weighted by Crippen LogP contribution is 2.28. The van der Waals surface area contributed by atoms with Crippen molar-refractivity contribution >= 4 is 15.9 Å². The van der Waals surface area contributed by atoms with Crippen LogP contribution in [0.25, 0.3) is 0 Å². The molecule has 0 unspecified atom stereocenters. The van der Waals surface area contributed by atoms with E-state index in [0.29, 0.717) is 50.9 Å². The largest absolute Gasteiger partial charge is 0.495 e. The quantitative estimate of drug-likeness (QED) is 0.466. The lowest BCUT2D eigenvalue weighted by Crippen LogP contribution is -2.41. The molecule has 1 amide bonds. The Kier molecular flexibility index (Phi) is 10.4. The molecule has 0 N–H and O–H groups in total. The monoisotopic (exact) mass is 469 g/mol. The van der Waals surface area contributed by atoms with E-state index >= 15 is 0 Å². The van der Waals surface area contributed by atoms with Crippen LogP contribution in [0.2, 0.25) is 0 Å². The van der Waals surface area contributed by atoms with Crippen molar-refractivity contribution < 1.29 is 22.7 Å². The molecule has 1 saturated heterocycles. The highest BCUT2D eigenvalue weighted by Gasteiger charge is 2.30. The summed E-state index contributed by atoms with van der Waals surface area (Å²) >= 11 is 0. The molecule has 9 heteroatoms. The van der Waals surface area contributed by atoms with Gasteiger partial charge in [0.25, 0.3) is 0 Å². The third-order valence-electron chi connectivity index (χ3n) is 5.69. The third kappa shape index (κ3) is 7.16. The summed E-state index contributed by atoms with van der Waals surface area (Å²) in [5.41, 5.74) is 0.666. The van der Waals surface area contributed by atoms with E-state index in [2.05, 4.69) is 32.6 Å². The zero-order valence-electron chi connectivity index (χ0n) is 20.2. The van der Waals surface area contributed by atoms with Crippen LogP contribution >= 0.6 is 0 Å². The minimum atomic E-state index is -3.73. The molecule has 0 atom stereocenters. The highest BCUT2D eigenvalue weighted by atomic mass is 32.2. The molecule has 0 saturated carbocycles. The van der Waals surface area contributed by atoms with Gasteiger partial charge in [-0.1, -0.05) is 33.8 Å². The predicted octanol–water partition coefficient (Wildman–Crippen LogP) is 2.09. The fourth-order valence-electron chi connectivity index (χ4n) is 3.81. The number of nitrogens with zero attached hydrogens (tertiary/aromatic N) is 3. The normalized spacial score (nSPS) is 15.3. The molecular weight excluding hydrogens is 430 g/mol. The topological polar surface area (TPSA) is 79.4 Å². The number of amides is 1. The number of carbonyl (C=O) groups excluding carboxylic acids is 1. The molecule has 2 rings (SSSR count). The maximum atomic E-state index is 13.2. The van der Waals surface area contributed by atoms with Crippen LogP contribution in [-0.2, 0) is 26.0 Å². The first-order valence-electron chi connectivity index (χ1n) is 11.5. The summed E-state index contributed by atoms with van der Waals surface area (Å²) in [7, 11) is -2.28. The smallest absolute Gasteiger partial charge is 0.246 e. The summed E-state index contributed by atoms with van der Waals surface area (Å²) < 4.78 is 38.5. The zero-order valence-corrected chi connectivity index (χ0v) is 21.0. The highest BCUT2D eigenvalue weighted by molar-refractivity contribution is 7.89. The summed E-state index contributed by atoms with van der Waals surface area (Å²) in [4.78, 5) is 17.4. The molecule has 1 aliphatic heterocycles. The summed E-state index contributed by atoms with van der Waals surface area (Å²) in [6, 6.07) is 4.99. The Morgan fingerprint density at radius 1 is 1.16 bits per heavy atom. The van der Waals surface area contributed by atoms with Crippen LogP contribution in [0.15, 0.2) is 23.1 Å². The second kappa shape index (κ2) is 12.5. The molecule has 8 nitrogen and oxygen atoms in total. The van der Waals surface area contributed by atoms with Crippen molar-refractivity contribution in [1.29, 1.82) is 0 Å². The van der Waals surface area contributed by atoms with Crippen LogP contribution in [-0.4, -0.2) is 94.6 Å². The Morgan fingerprint density at radius 3 is 2.38 bits per heavy atom. The van der Waals surface area contributed by atoms with Crippen LogP contribution in [0.4, 0.5) is 0 Å². The second-order valence-electron chi connectivity index (χ2n) is 8.44. The lowest BCUT2D eigenvalue weighted by atomic mass is 10.1. The first-order valence-corrected chi connectivity index (χ1v) is 12.9. The predicted molar refractivity (Wildman–Crippen MR) is 125 cm³/mol. The van der Waals surface area contributed by atoms with Gasteiger partial charge in [0, 0.05) is 32.7 Å². The third-order valence-corrected chi connectivity index (χ3v) is 7.61. The minimum Gasteiger partial charge on any atom is -0.495 e. The molecule has 32 heavy (non-hydrogen) atoms. The van der Waals surface area contributed by atoms with Gasteiger partial charge in [-0.15, -0.1) is 0 Å². The van der Waals surface area contributed by atoms with Crippen molar-refractivity contribution in [2.75, 3.05) is 66.1 Å². The van der Waals surface area contributed by atoms with Crippen LogP contribution < -0.4 is 4.74 Å². The van der Waals surface area contributed by atoms with E-state index in [4.69, 9.17) is 9.47 Å². The van der Waals surface area contributed by atoms with Gasteiger partial charge in [-0.3, -0.25) is 4.79 Å². The van der Waals surface area contributed by atoms with Gasteiger partial charge in [0.1, 0.15) is 10.6 Å². The number of carbonyl (C=O) groups is 1. The van der Waals surface area contributed by atoms with Crippen LogP contribution in [0.3, 0.4) is 0 Å². The lowest BCUT2D eigenvalue weighted by Gasteiger charge is -2.28. The van der Waals surface area contributed by atoms with Crippen molar-refractivity contribution in [3.8, 4) is 5.75 Å². The van der Waals surface area contributed by atoms with Gasteiger partial charge in [0.15, 0.2) is 0 Å². The van der Waals surface area contributed by atoms with Gasteiger partial charge in [-0.2, -0.15) is 4.31 Å². The molecule has 1 aliphatic rings. The standard InChI is InChI=1S/C23H39N3O5S/c1-6-24(7-2)10-11-25(18-19(3)4)23(27)17-20-8-9-21(30-5)22(16-20)32(28,29)26-12-14-31-15-13-26/h8-9,16,19H,6-7,10-15,17-18H2,1-5H3. The number of methoxy groups -OCH3 is 1. The molecule has 0 radical (unpaired) electrons. The molecular formula is C23H39N3O5S. The van der Waals surface area contributed by atoms with Gasteiger partial charge < -0.3 is 19.3 Å². The second-order valence-corrected chi connectivity index (χ2v) is 10.3. The van der Waals surface area contributed by atoms with E-state index in [1.807, 2.05) is 4.90 Å². The van der Waals surface area contributed by atoms with Crippen molar-refractivity contribution in [1.82, 2.24) is 14.1 Å². The fourth-order valence-corrected chi connectivity index (χ4v) is 5.42. The average Bonchev–Trinajstić information content (AvgIpc) is 2.79. The zero-order chi connectivity index (χ0) is 23.7. The Hall–Kier alpha value is -1.68. The fraction of sp³-hybridized carbons (Fsp3) is 0.696. The number of ether oxygens (including phenoxy) is 2. The molecule has 0 aliphatic carbocycles. The van der Waals surface area contributed by atoms with E-state index in [-0.39, 0.29) is 23.0 Å². The number of rotatable bonds is 12. The van der Waals surface area contributed by atoms with Crippen LogP contribution in [0.5, 0.6) is 5.75 Å². The molecule has 0 spiro atoms. The maximum Gasteiger partial charge on any atom is 0.246 e. The average molecular weight is 470 g/mol. The minimum absolute atomic E-state index is 0.00532.